The molecular formula is C21H21N5O3. The first kappa shape index (κ1) is 18.8. The van der Waals surface area contributed by atoms with Crippen LogP contribution in [0.4, 0.5) is 0 Å². The van der Waals surface area contributed by atoms with Gasteiger partial charge in [-0.1, -0.05) is 32.0 Å². The Kier molecular flexibility index (Phi) is 4.84. The molecule has 8 heteroatoms. The Morgan fingerprint density at radius 2 is 1.66 bits per heavy atom. The van der Waals surface area contributed by atoms with Crippen LogP contribution in [0.2, 0.25) is 0 Å². The first-order valence-corrected chi connectivity index (χ1v) is 9.52. The molecule has 29 heavy (non-hydrogen) atoms. The van der Waals surface area contributed by atoms with E-state index in [-0.39, 0.29) is 11.8 Å². The van der Waals surface area contributed by atoms with Crippen LogP contribution in [0.1, 0.15) is 40.4 Å². The van der Waals surface area contributed by atoms with Gasteiger partial charge < -0.3 is 5.32 Å². The molecule has 3 amide bonds. The maximum atomic E-state index is 12.9. The molecule has 0 bridgehead atoms. The number of amides is 3. The number of fused-ring (bicyclic) bond motifs is 2. The molecule has 3 aromatic rings. The minimum Gasteiger partial charge on any atom is -0.354 e. The maximum absolute atomic E-state index is 12.9. The highest BCUT2D eigenvalue weighted by Crippen LogP contribution is 2.27. The van der Waals surface area contributed by atoms with Crippen LogP contribution in [0.5, 0.6) is 0 Å². The fourth-order valence-corrected chi connectivity index (χ4v) is 3.64. The SMILES string of the molecule is CC(C)C(C(=O)NCCc1nnc2ccccn12)N1C(=O)c2ccccc2C1=O. The van der Waals surface area contributed by atoms with Crippen molar-refractivity contribution in [3.63, 3.8) is 0 Å². The molecule has 0 saturated carbocycles. The predicted molar refractivity (Wildman–Crippen MR) is 105 cm³/mol. The molecule has 1 aliphatic rings. The Bertz CT molecular complexity index is 1070. The molecule has 0 radical (unpaired) electrons. The zero-order valence-electron chi connectivity index (χ0n) is 16.2. The summed E-state index contributed by atoms with van der Waals surface area (Å²) in [6.07, 6.45) is 2.34. The number of imide groups is 1. The zero-order chi connectivity index (χ0) is 20.5. The molecule has 1 aromatic carbocycles. The lowest BCUT2D eigenvalue weighted by atomic mass is 10.0. The molecule has 0 aliphatic carbocycles. The molecule has 3 heterocycles. The van der Waals surface area contributed by atoms with Gasteiger partial charge >= 0.3 is 0 Å². The van der Waals surface area contributed by atoms with Crippen molar-refractivity contribution in [1.29, 1.82) is 0 Å². The van der Waals surface area contributed by atoms with Gasteiger partial charge in [0.25, 0.3) is 11.8 Å². The topological polar surface area (TPSA) is 96.7 Å². The number of aromatic nitrogens is 3. The highest BCUT2D eigenvalue weighted by atomic mass is 16.2. The second kappa shape index (κ2) is 7.46. The summed E-state index contributed by atoms with van der Waals surface area (Å²) in [4.78, 5) is 39.5. The Labute approximate surface area is 167 Å². The van der Waals surface area contributed by atoms with Gasteiger partial charge in [0.1, 0.15) is 11.9 Å². The number of nitrogens with one attached hydrogen (secondary N) is 1. The standard InChI is InChI=1S/C21H21N5O3/c1-13(2)18(26-20(28)14-7-3-4-8-15(14)21(26)29)19(27)22-11-10-17-24-23-16-9-5-6-12-25(16)17/h3-9,12-13,18H,10-11H2,1-2H3,(H,22,27). The first-order chi connectivity index (χ1) is 14.0. The Balaban J connectivity index is 1.47. The molecule has 1 atom stereocenters. The van der Waals surface area contributed by atoms with Crippen molar-refractivity contribution in [3.05, 3.63) is 65.6 Å². The average Bonchev–Trinajstić information content (AvgIpc) is 3.23. The van der Waals surface area contributed by atoms with Gasteiger partial charge in [-0.15, -0.1) is 10.2 Å². The number of carbonyl (C=O) groups is 3. The summed E-state index contributed by atoms with van der Waals surface area (Å²) < 4.78 is 1.86. The zero-order valence-corrected chi connectivity index (χ0v) is 16.2. The number of hydrogen-bond acceptors (Lipinski definition) is 5. The molecule has 0 fully saturated rings. The highest BCUT2D eigenvalue weighted by Gasteiger charge is 2.43. The summed E-state index contributed by atoms with van der Waals surface area (Å²) in [7, 11) is 0. The number of rotatable bonds is 6. The molecular weight excluding hydrogens is 370 g/mol. The van der Waals surface area contributed by atoms with E-state index in [0.29, 0.717) is 24.1 Å². The lowest BCUT2D eigenvalue weighted by Crippen LogP contribution is -2.52. The normalized spacial score (nSPS) is 14.5. The van der Waals surface area contributed by atoms with Crippen LogP contribution < -0.4 is 5.32 Å². The monoisotopic (exact) mass is 391 g/mol. The Hall–Kier alpha value is -3.55. The maximum Gasteiger partial charge on any atom is 0.262 e. The van der Waals surface area contributed by atoms with Crippen molar-refractivity contribution in [2.75, 3.05) is 6.54 Å². The second-order valence-corrected chi connectivity index (χ2v) is 7.30. The van der Waals surface area contributed by atoms with E-state index in [1.165, 1.54) is 0 Å². The second-order valence-electron chi connectivity index (χ2n) is 7.30. The third kappa shape index (κ3) is 3.26. The van der Waals surface area contributed by atoms with Crippen molar-refractivity contribution < 1.29 is 14.4 Å². The minimum absolute atomic E-state index is 0.230. The molecule has 0 saturated heterocycles. The van der Waals surface area contributed by atoms with E-state index in [4.69, 9.17) is 0 Å². The average molecular weight is 391 g/mol. The van der Waals surface area contributed by atoms with E-state index in [1.54, 1.807) is 24.3 Å². The first-order valence-electron chi connectivity index (χ1n) is 9.52. The van der Waals surface area contributed by atoms with Gasteiger partial charge in [-0.3, -0.25) is 23.7 Å². The quantitative estimate of drug-likeness (QED) is 0.645. The number of carbonyl (C=O) groups excluding carboxylic acids is 3. The molecule has 1 aliphatic heterocycles. The van der Waals surface area contributed by atoms with Crippen molar-refractivity contribution in [1.82, 2.24) is 24.8 Å². The summed E-state index contributed by atoms with van der Waals surface area (Å²) in [6.45, 7) is 3.96. The van der Waals surface area contributed by atoms with Gasteiger partial charge in [0.2, 0.25) is 5.91 Å². The summed E-state index contributed by atoms with van der Waals surface area (Å²) in [5, 5.41) is 11.1. The fraction of sp³-hybridized carbons (Fsp3) is 0.286. The van der Waals surface area contributed by atoms with Crippen LogP contribution in [0.15, 0.2) is 48.7 Å². The molecule has 8 nitrogen and oxygen atoms in total. The third-order valence-corrected chi connectivity index (χ3v) is 5.04. The highest BCUT2D eigenvalue weighted by molar-refractivity contribution is 6.22. The smallest absolute Gasteiger partial charge is 0.262 e. The lowest BCUT2D eigenvalue weighted by Gasteiger charge is -2.28. The van der Waals surface area contributed by atoms with Crippen LogP contribution in [0.3, 0.4) is 0 Å². The fourth-order valence-electron chi connectivity index (χ4n) is 3.64. The summed E-state index contributed by atoms with van der Waals surface area (Å²) >= 11 is 0. The van der Waals surface area contributed by atoms with E-state index in [2.05, 4.69) is 15.5 Å². The van der Waals surface area contributed by atoms with Gasteiger partial charge in [-0.2, -0.15) is 0 Å². The van der Waals surface area contributed by atoms with Crippen molar-refractivity contribution in [2.45, 2.75) is 26.3 Å². The van der Waals surface area contributed by atoms with E-state index in [0.717, 1.165) is 16.4 Å². The molecule has 148 valence electrons. The summed E-state index contributed by atoms with van der Waals surface area (Å²) in [5.41, 5.74) is 1.41. The molecule has 2 aromatic heterocycles. The van der Waals surface area contributed by atoms with Gasteiger partial charge in [0.05, 0.1) is 11.1 Å². The van der Waals surface area contributed by atoms with E-state index in [9.17, 15) is 14.4 Å². The van der Waals surface area contributed by atoms with Crippen LogP contribution >= 0.6 is 0 Å². The van der Waals surface area contributed by atoms with Gasteiger partial charge in [-0.25, -0.2) is 0 Å². The number of pyridine rings is 1. The minimum atomic E-state index is -0.877. The number of hydrogen-bond donors (Lipinski definition) is 1. The van der Waals surface area contributed by atoms with Crippen molar-refractivity contribution in [3.8, 4) is 0 Å². The van der Waals surface area contributed by atoms with Crippen LogP contribution in [-0.4, -0.2) is 49.8 Å². The van der Waals surface area contributed by atoms with E-state index in [1.807, 2.05) is 42.6 Å². The van der Waals surface area contributed by atoms with Crippen LogP contribution in [-0.2, 0) is 11.2 Å². The predicted octanol–water partition coefficient (Wildman–Crippen LogP) is 1.71. The van der Waals surface area contributed by atoms with Gasteiger partial charge in [0.15, 0.2) is 5.65 Å². The van der Waals surface area contributed by atoms with Gasteiger partial charge in [0, 0.05) is 19.2 Å². The van der Waals surface area contributed by atoms with Crippen LogP contribution in [0, 0.1) is 5.92 Å². The van der Waals surface area contributed by atoms with Crippen molar-refractivity contribution >= 4 is 23.4 Å². The van der Waals surface area contributed by atoms with E-state index >= 15 is 0 Å². The molecule has 4 rings (SSSR count). The van der Waals surface area contributed by atoms with E-state index < -0.39 is 17.9 Å². The molecule has 1 N–H and O–H groups in total. The van der Waals surface area contributed by atoms with Crippen molar-refractivity contribution in [2.24, 2.45) is 5.92 Å². The van der Waals surface area contributed by atoms with Crippen LogP contribution in [0.25, 0.3) is 5.65 Å². The number of nitrogens with zero attached hydrogens (tertiary/aromatic N) is 4. The van der Waals surface area contributed by atoms with Gasteiger partial charge in [-0.05, 0) is 30.2 Å². The summed E-state index contributed by atoms with van der Waals surface area (Å²) in [5.74, 6) is -0.719. The largest absolute Gasteiger partial charge is 0.354 e. The number of benzene rings is 1. The molecule has 1 unspecified atom stereocenters. The lowest BCUT2D eigenvalue weighted by molar-refractivity contribution is -0.126. The molecule has 0 spiro atoms. The third-order valence-electron chi connectivity index (χ3n) is 5.04. The Morgan fingerprint density at radius 3 is 2.31 bits per heavy atom. The summed E-state index contributed by atoms with van der Waals surface area (Å²) in [6, 6.07) is 11.4. The Morgan fingerprint density at radius 1 is 1.00 bits per heavy atom.